The molecule has 0 fully saturated rings. The van der Waals surface area contributed by atoms with Crippen LogP contribution in [0.25, 0.3) is 149 Å². The number of anilines is 6. The minimum absolute atomic E-state index is 0.128. The molecule has 0 saturated heterocycles. The van der Waals surface area contributed by atoms with E-state index in [1.165, 1.54) is 131 Å². The topological polar surface area (TPSA) is 20.8 Å². The van der Waals surface area contributed by atoms with Gasteiger partial charge < -0.3 is 23.3 Å². The van der Waals surface area contributed by atoms with Crippen LogP contribution < -0.4 is 26.2 Å². The molecule has 20 aromatic rings. The molecular weight excluding hydrogens is 1520 g/mol. The highest BCUT2D eigenvalue weighted by molar-refractivity contribution is 7.00. The van der Waals surface area contributed by atoms with Crippen LogP contribution in [0.1, 0.15) is 158 Å². The van der Waals surface area contributed by atoms with E-state index in [0.29, 0.717) is 0 Å². The SMILES string of the molecule is CC(C)(C)c1cc(-c2ccccc2)c(N2c3cc(-n4c5cc(C(C)(C)C)ccc5c5ccc(C(C)(C)C)cc54)ccc3B3c4ccc(-n5c6cc(C(C)(C)C)ccc6c6ccc(C(C)(C)C)cc65)cc4N(c4c(-c5ccccc5)cc(C(C)(C)C)cc4-c4ccccc4)c4cc(-c5ccc6c(c5)c5cccc7c8ccccc8n6c75)cc2c43)c(-c2ccccc2)c1. The van der Waals surface area contributed by atoms with Crippen molar-refractivity contribution in [2.75, 3.05) is 9.80 Å². The summed E-state index contributed by atoms with van der Waals surface area (Å²) in [5.74, 6) is 0. The highest BCUT2D eigenvalue weighted by atomic mass is 15.2. The van der Waals surface area contributed by atoms with E-state index in [1.807, 2.05) is 0 Å². The molecule has 0 amide bonds. The van der Waals surface area contributed by atoms with Gasteiger partial charge in [-0.1, -0.05) is 349 Å². The number of nitrogens with zero attached hydrogens (tertiary/aromatic N) is 5. The molecule has 616 valence electrons. The second kappa shape index (κ2) is 28.0. The first-order valence-electron chi connectivity index (χ1n) is 45.3. The molecule has 0 unspecified atom stereocenters. The highest BCUT2D eigenvalue weighted by Crippen LogP contribution is 2.57. The maximum Gasteiger partial charge on any atom is 0.252 e. The Morgan fingerprint density at radius 2 is 0.524 bits per heavy atom. The van der Waals surface area contributed by atoms with Crippen LogP contribution in [0.15, 0.2) is 328 Å². The zero-order valence-electron chi connectivity index (χ0n) is 76.0. The average molecular weight is 1630 g/mol. The lowest BCUT2D eigenvalue weighted by Crippen LogP contribution is -2.61. The summed E-state index contributed by atoms with van der Waals surface area (Å²) in [5, 5.41) is 9.94. The fourth-order valence-electron chi connectivity index (χ4n) is 20.9. The Bertz CT molecular complexity index is 7230. The van der Waals surface area contributed by atoms with E-state index in [9.17, 15) is 0 Å². The standard InChI is InChI=1S/C120H108BN5/c1-115(2,3)79-47-53-88-89-54-48-80(116(4,5)6)68-104(89)122(103(88)67-79)85-51-57-99-107(71-85)125(113-94(73-34-23-19-24-35-73)63-83(119(13,14)15)64-95(113)74-36-25-20-26-37-74)109-61-78(77-46-59-102-98(60-77)93-44-33-43-92-87-42-31-32-45-101(87)124(102)112(92)93)62-110-111(109)121(99)100-58-52-86(123-105-69-81(117(7,8)9)49-55-90(105)91-56-50-82(70-106(91)123)118(10,11)12)72-108(100)126(110)114-96(75-38-27-21-28-39-75)65-84(120(16,17)18)66-97(114)76-40-29-22-30-41-76/h19-72H,1-18H3. The number of para-hydroxylation sites is 2. The van der Waals surface area contributed by atoms with Crippen molar-refractivity contribution in [3.8, 4) is 67.0 Å². The zero-order chi connectivity index (χ0) is 86.9. The number of hydrogen-bond donors (Lipinski definition) is 0. The number of benzene rings is 16. The Morgan fingerprint density at radius 1 is 0.206 bits per heavy atom. The number of rotatable bonds is 9. The molecule has 4 aromatic heterocycles. The maximum atomic E-state index is 2.78. The first kappa shape index (κ1) is 78.6. The summed E-state index contributed by atoms with van der Waals surface area (Å²) in [7, 11) is 0. The normalized spacial score (nSPS) is 13.4. The second-order valence-corrected chi connectivity index (χ2v) is 42.2. The fraction of sp³-hybridized carbons (Fsp3) is 0.200. The van der Waals surface area contributed by atoms with E-state index in [4.69, 9.17) is 0 Å². The molecule has 5 nitrogen and oxygen atoms in total. The maximum absolute atomic E-state index is 2.78. The fourth-order valence-corrected chi connectivity index (χ4v) is 20.9. The third-order valence-corrected chi connectivity index (χ3v) is 27.8. The third-order valence-electron chi connectivity index (χ3n) is 27.8. The summed E-state index contributed by atoms with van der Waals surface area (Å²) in [4.78, 5) is 5.56. The summed E-state index contributed by atoms with van der Waals surface area (Å²) in [6.45, 7) is 42.2. The van der Waals surface area contributed by atoms with Crippen molar-refractivity contribution in [1.82, 2.24) is 13.5 Å². The second-order valence-electron chi connectivity index (χ2n) is 42.2. The molecule has 126 heavy (non-hydrogen) atoms. The summed E-state index contributed by atoms with van der Waals surface area (Å²) < 4.78 is 7.77. The van der Waals surface area contributed by atoms with Crippen LogP contribution in [0, 0.1) is 0 Å². The molecular formula is C120H108BN5. The lowest BCUT2D eigenvalue weighted by Gasteiger charge is -2.46. The molecule has 0 radical (unpaired) electrons. The summed E-state index contributed by atoms with van der Waals surface area (Å²) in [5.41, 5.74) is 39.1. The molecule has 6 heteroatoms. The van der Waals surface area contributed by atoms with Gasteiger partial charge in [-0.25, -0.2) is 0 Å². The molecule has 22 rings (SSSR count). The van der Waals surface area contributed by atoms with Gasteiger partial charge >= 0.3 is 0 Å². The van der Waals surface area contributed by atoms with Gasteiger partial charge in [-0.15, -0.1) is 0 Å². The van der Waals surface area contributed by atoms with E-state index in [-0.39, 0.29) is 39.2 Å². The van der Waals surface area contributed by atoms with E-state index in [1.54, 1.807) is 0 Å². The molecule has 2 aliphatic rings. The summed E-state index contributed by atoms with van der Waals surface area (Å²) in [6.07, 6.45) is 0. The molecule has 16 aromatic carbocycles. The van der Waals surface area contributed by atoms with Crippen LogP contribution in [-0.2, 0) is 32.5 Å². The molecule has 0 N–H and O–H groups in total. The van der Waals surface area contributed by atoms with Crippen molar-refractivity contribution in [1.29, 1.82) is 0 Å². The van der Waals surface area contributed by atoms with E-state index < -0.39 is 0 Å². The predicted molar refractivity (Wildman–Crippen MR) is 543 cm³/mol. The van der Waals surface area contributed by atoms with Crippen molar-refractivity contribution in [3.05, 3.63) is 361 Å². The van der Waals surface area contributed by atoms with Crippen LogP contribution >= 0.6 is 0 Å². The Kier molecular flexibility index (Phi) is 17.5. The highest BCUT2D eigenvalue weighted by Gasteiger charge is 2.47. The lowest BCUT2D eigenvalue weighted by atomic mass is 9.33. The van der Waals surface area contributed by atoms with Crippen LogP contribution in [0.4, 0.5) is 34.1 Å². The van der Waals surface area contributed by atoms with E-state index in [0.717, 1.165) is 101 Å². The number of fused-ring (bicyclic) bond motifs is 16. The van der Waals surface area contributed by atoms with Crippen LogP contribution in [0.2, 0.25) is 0 Å². The van der Waals surface area contributed by atoms with Crippen molar-refractivity contribution in [3.63, 3.8) is 0 Å². The van der Waals surface area contributed by atoms with Crippen LogP contribution in [-0.4, -0.2) is 20.2 Å². The summed E-state index contributed by atoms with van der Waals surface area (Å²) in [6, 6.07) is 128. The van der Waals surface area contributed by atoms with Crippen LogP contribution in [0.5, 0.6) is 0 Å². The molecule has 0 atom stereocenters. The first-order valence-corrected chi connectivity index (χ1v) is 45.3. The Hall–Kier alpha value is -13.4. The van der Waals surface area contributed by atoms with E-state index in [2.05, 4.69) is 476 Å². The van der Waals surface area contributed by atoms with Crippen molar-refractivity contribution < 1.29 is 0 Å². The van der Waals surface area contributed by atoms with Gasteiger partial charge in [-0.3, -0.25) is 0 Å². The van der Waals surface area contributed by atoms with Gasteiger partial charge in [0, 0.05) is 99.5 Å². The molecule has 6 heterocycles. The number of aromatic nitrogens is 3. The first-order chi connectivity index (χ1) is 60.3. The lowest BCUT2D eigenvalue weighted by molar-refractivity contribution is 0.590. The van der Waals surface area contributed by atoms with Crippen molar-refractivity contribution >= 4 is 139 Å². The number of hydrogen-bond acceptors (Lipinski definition) is 2. The average Bonchev–Trinajstić information content (AvgIpc) is 0.712. The van der Waals surface area contributed by atoms with Gasteiger partial charge in [0.15, 0.2) is 0 Å². The van der Waals surface area contributed by atoms with Crippen molar-refractivity contribution in [2.45, 2.75) is 157 Å². The minimum Gasteiger partial charge on any atom is -0.310 e. The van der Waals surface area contributed by atoms with Gasteiger partial charge in [0.2, 0.25) is 0 Å². The molecule has 0 bridgehead atoms. The van der Waals surface area contributed by atoms with Gasteiger partial charge in [0.1, 0.15) is 0 Å². The monoisotopic (exact) mass is 1630 g/mol. The Balaban J connectivity index is 0.954. The van der Waals surface area contributed by atoms with Gasteiger partial charge in [-0.2, -0.15) is 0 Å². The van der Waals surface area contributed by atoms with Gasteiger partial charge in [0.25, 0.3) is 6.71 Å². The van der Waals surface area contributed by atoms with Crippen molar-refractivity contribution in [2.24, 2.45) is 0 Å². The summed E-state index contributed by atoms with van der Waals surface area (Å²) >= 11 is 0. The molecule has 0 saturated carbocycles. The molecule has 0 spiro atoms. The quantitative estimate of drug-likeness (QED) is 0.134. The molecule has 0 aliphatic carbocycles. The third kappa shape index (κ3) is 12.5. The van der Waals surface area contributed by atoms with Crippen LogP contribution in [0.3, 0.4) is 0 Å². The largest absolute Gasteiger partial charge is 0.310 e. The zero-order valence-corrected chi connectivity index (χ0v) is 76.0. The van der Waals surface area contributed by atoms with Gasteiger partial charge in [-0.05, 0) is 219 Å². The van der Waals surface area contributed by atoms with E-state index >= 15 is 0 Å². The predicted octanol–water partition coefficient (Wildman–Crippen LogP) is 31.2. The Morgan fingerprint density at radius 3 is 0.881 bits per heavy atom. The molecule has 2 aliphatic heterocycles. The Labute approximate surface area is 742 Å². The minimum atomic E-state index is -0.332. The smallest absolute Gasteiger partial charge is 0.252 e. The van der Waals surface area contributed by atoms with Gasteiger partial charge in [0.05, 0.1) is 50.0 Å².